The van der Waals surface area contributed by atoms with Gasteiger partial charge in [-0.25, -0.2) is 0 Å². The molecule has 25 heavy (non-hydrogen) atoms. The van der Waals surface area contributed by atoms with E-state index in [0.29, 0.717) is 13.1 Å². The first-order valence-corrected chi connectivity index (χ1v) is 8.20. The van der Waals surface area contributed by atoms with Crippen molar-refractivity contribution in [1.82, 2.24) is 20.2 Å². The van der Waals surface area contributed by atoms with Crippen molar-refractivity contribution in [1.29, 1.82) is 0 Å². The molecule has 0 saturated heterocycles. The van der Waals surface area contributed by atoms with Crippen molar-refractivity contribution >= 4 is 12.4 Å². The molecule has 0 radical (unpaired) electrons. The number of nitrogens with zero attached hydrogens (tertiary/aromatic N) is 6. The molecule has 126 valence electrons. The lowest BCUT2D eigenvalue weighted by molar-refractivity contribution is 0.924. The predicted octanol–water partition coefficient (Wildman–Crippen LogP) is 2.15. The Labute approximate surface area is 146 Å². The topological polar surface area (TPSA) is 77.5 Å². The van der Waals surface area contributed by atoms with Crippen LogP contribution in [0.4, 0.5) is 0 Å². The zero-order valence-electron chi connectivity index (χ0n) is 13.9. The predicted molar refractivity (Wildman–Crippen MR) is 98.4 cm³/mol. The van der Waals surface area contributed by atoms with Crippen LogP contribution in [0.1, 0.15) is 22.8 Å². The van der Waals surface area contributed by atoms with Gasteiger partial charge < -0.3 is 10.2 Å². The van der Waals surface area contributed by atoms with Crippen molar-refractivity contribution in [3.63, 3.8) is 0 Å². The first-order valence-electron chi connectivity index (χ1n) is 8.20. The lowest BCUT2D eigenvalue weighted by atomic mass is 10.3. The first kappa shape index (κ1) is 16.7. The third kappa shape index (κ3) is 5.76. The van der Waals surface area contributed by atoms with Gasteiger partial charge in [-0.15, -0.1) is 5.69 Å². The lowest BCUT2D eigenvalue weighted by Gasteiger charge is -1.97. The summed E-state index contributed by atoms with van der Waals surface area (Å²) in [6.07, 6.45) is 8.69. The quantitative estimate of drug-likeness (QED) is 0.593. The van der Waals surface area contributed by atoms with Gasteiger partial charge in [0.2, 0.25) is 0 Å². The average Bonchev–Trinajstić information content (AvgIpc) is 3.12. The van der Waals surface area contributed by atoms with Crippen molar-refractivity contribution in [3.8, 4) is 0 Å². The Balaban J connectivity index is 1.42. The van der Waals surface area contributed by atoms with E-state index in [1.165, 1.54) is 0 Å². The minimum absolute atomic E-state index is 0.678. The van der Waals surface area contributed by atoms with Crippen LogP contribution in [0, 0.1) is 0 Å². The molecule has 0 aromatic carbocycles. The monoisotopic (exact) mass is 331 g/mol. The molecule has 3 aromatic rings. The Morgan fingerprint density at radius 1 is 0.840 bits per heavy atom. The van der Waals surface area contributed by atoms with Gasteiger partial charge in [0.05, 0.1) is 5.69 Å². The third-order valence-corrected chi connectivity index (χ3v) is 3.47. The van der Waals surface area contributed by atoms with Crippen LogP contribution < -0.4 is 5.10 Å². The average molecular weight is 331 g/mol. The SMILES string of the molecule is C(=NCCc1ccccn1)c1cc(C=NCCc2ccccn2)[n-]n1. The zero-order valence-corrected chi connectivity index (χ0v) is 13.9. The molecule has 6 heteroatoms. The second-order valence-corrected chi connectivity index (χ2v) is 5.41. The molecular weight excluding hydrogens is 312 g/mol. The zero-order chi connectivity index (χ0) is 17.2. The van der Waals surface area contributed by atoms with Crippen LogP contribution >= 0.6 is 0 Å². The van der Waals surface area contributed by atoms with E-state index in [9.17, 15) is 0 Å². The largest absolute Gasteiger partial charge is 0.574 e. The number of aliphatic imine (C=N–C) groups is 2. The highest BCUT2D eigenvalue weighted by molar-refractivity contribution is 5.83. The summed E-state index contributed by atoms with van der Waals surface area (Å²) in [6.45, 7) is 1.36. The van der Waals surface area contributed by atoms with Crippen LogP contribution in [0.15, 0.2) is 64.8 Å². The van der Waals surface area contributed by atoms with Crippen molar-refractivity contribution < 1.29 is 0 Å². The molecule has 0 saturated carbocycles. The van der Waals surface area contributed by atoms with Gasteiger partial charge in [-0.3, -0.25) is 20.0 Å². The van der Waals surface area contributed by atoms with Crippen molar-refractivity contribution in [2.45, 2.75) is 12.8 Å². The summed E-state index contributed by atoms with van der Waals surface area (Å²) >= 11 is 0. The number of aromatic nitrogens is 4. The molecule has 0 aliphatic rings. The van der Waals surface area contributed by atoms with E-state index in [-0.39, 0.29) is 0 Å². The highest BCUT2D eigenvalue weighted by Crippen LogP contribution is 1.98. The molecule has 0 bridgehead atoms. The van der Waals surface area contributed by atoms with E-state index >= 15 is 0 Å². The Bertz CT molecular complexity index is 740. The minimum Gasteiger partial charge on any atom is -0.574 e. The molecule has 0 atom stereocenters. The summed E-state index contributed by atoms with van der Waals surface area (Å²) in [5.41, 5.74) is 3.56. The summed E-state index contributed by atoms with van der Waals surface area (Å²) in [7, 11) is 0. The smallest absolute Gasteiger partial charge is 0.0581 e. The molecule has 3 heterocycles. The first-order chi connectivity index (χ1) is 12.4. The van der Waals surface area contributed by atoms with Gasteiger partial charge in [0, 0.05) is 62.1 Å². The van der Waals surface area contributed by atoms with E-state index < -0.39 is 0 Å². The number of pyridine rings is 2. The minimum atomic E-state index is 0.678. The maximum absolute atomic E-state index is 4.37. The molecule has 0 N–H and O–H groups in total. The van der Waals surface area contributed by atoms with Gasteiger partial charge in [0.25, 0.3) is 0 Å². The fourth-order valence-electron chi connectivity index (χ4n) is 2.22. The normalized spacial score (nSPS) is 11.5. The van der Waals surface area contributed by atoms with Crippen molar-refractivity contribution in [2.24, 2.45) is 9.98 Å². The van der Waals surface area contributed by atoms with Gasteiger partial charge in [0.15, 0.2) is 0 Å². The second-order valence-electron chi connectivity index (χ2n) is 5.41. The number of hydrogen-bond acceptors (Lipinski definition) is 5. The van der Waals surface area contributed by atoms with Crippen LogP contribution in [0.2, 0.25) is 0 Å². The standard InChI is InChI=1S/C19H19N6/c1-3-9-22-16(5-1)7-11-20-14-18-13-19(25-24-18)15-21-12-8-17-6-2-4-10-23-17/h1-6,9-10,13-15H,7-8,11-12H2/q-1. The maximum atomic E-state index is 4.37. The Morgan fingerprint density at radius 2 is 1.48 bits per heavy atom. The number of rotatable bonds is 8. The molecule has 0 fully saturated rings. The molecule has 0 aliphatic heterocycles. The van der Waals surface area contributed by atoms with E-state index in [1.807, 2.05) is 42.5 Å². The highest BCUT2D eigenvalue weighted by atomic mass is 15.1. The maximum Gasteiger partial charge on any atom is 0.0581 e. The molecular formula is C19H19N6-. The Morgan fingerprint density at radius 3 is 2.08 bits per heavy atom. The molecule has 0 aliphatic carbocycles. The summed E-state index contributed by atoms with van der Waals surface area (Å²) in [4.78, 5) is 17.3. The summed E-state index contributed by atoms with van der Waals surface area (Å²) in [6, 6.07) is 13.6. The van der Waals surface area contributed by atoms with E-state index in [0.717, 1.165) is 35.6 Å². The fraction of sp³-hybridized carbons (Fsp3) is 0.211. The fourth-order valence-corrected chi connectivity index (χ4v) is 2.22. The molecule has 0 spiro atoms. The van der Waals surface area contributed by atoms with E-state index in [1.54, 1.807) is 24.8 Å². The van der Waals surface area contributed by atoms with Crippen LogP contribution in [-0.4, -0.2) is 40.6 Å². The highest BCUT2D eigenvalue weighted by Gasteiger charge is 1.92. The van der Waals surface area contributed by atoms with Crippen LogP contribution in [0.25, 0.3) is 0 Å². The summed E-state index contributed by atoms with van der Waals surface area (Å²) in [5.74, 6) is 0. The Hall–Kier alpha value is -3.15. The van der Waals surface area contributed by atoms with Crippen LogP contribution in [-0.2, 0) is 12.8 Å². The van der Waals surface area contributed by atoms with E-state index in [4.69, 9.17) is 0 Å². The lowest BCUT2D eigenvalue weighted by Crippen LogP contribution is -1.93. The second kappa shape index (κ2) is 9.22. The molecule has 0 amide bonds. The molecule has 3 rings (SSSR count). The molecule has 6 nitrogen and oxygen atoms in total. The molecule has 0 unspecified atom stereocenters. The van der Waals surface area contributed by atoms with Crippen LogP contribution in [0.5, 0.6) is 0 Å². The van der Waals surface area contributed by atoms with Gasteiger partial charge in [-0.05, 0) is 30.3 Å². The number of hydrogen-bond donors (Lipinski definition) is 0. The third-order valence-electron chi connectivity index (χ3n) is 3.47. The van der Waals surface area contributed by atoms with Gasteiger partial charge in [-0.1, -0.05) is 12.1 Å². The van der Waals surface area contributed by atoms with Gasteiger partial charge >= 0.3 is 0 Å². The van der Waals surface area contributed by atoms with Crippen LogP contribution in [0.3, 0.4) is 0 Å². The molecule has 3 aromatic heterocycles. The van der Waals surface area contributed by atoms with Crippen molar-refractivity contribution in [2.75, 3.05) is 13.1 Å². The van der Waals surface area contributed by atoms with Gasteiger partial charge in [0.1, 0.15) is 0 Å². The van der Waals surface area contributed by atoms with Gasteiger partial charge in [-0.2, -0.15) is 0 Å². The van der Waals surface area contributed by atoms with E-state index in [2.05, 4.69) is 30.2 Å². The van der Waals surface area contributed by atoms with Crippen molar-refractivity contribution in [3.05, 3.63) is 77.6 Å². The summed E-state index contributed by atoms with van der Waals surface area (Å²) in [5, 5.41) is 8.16. The Kier molecular flexibility index (Phi) is 6.16. The summed E-state index contributed by atoms with van der Waals surface area (Å²) < 4.78 is 0.